The predicted octanol–water partition coefficient (Wildman–Crippen LogP) is 4.14. The van der Waals surface area contributed by atoms with Gasteiger partial charge in [0.2, 0.25) is 11.8 Å². The van der Waals surface area contributed by atoms with Crippen molar-refractivity contribution >= 4 is 28.9 Å². The Morgan fingerprint density at radius 2 is 1.21 bits per heavy atom. The second-order valence-corrected chi connectivity index (χ2v) is 7.70. The summed E-state index contributed by atoms with van der Waals surface area (Å²) in [4.78, 5) is 27.1. The van der Waals surface area contributed by atoms with Gasteiger partial charge in [-0.2, -0.15) is 0 Å². The number of carbonyl (C=O) groups is 2. The third-order valence-corrected chi connectivity index (χ3v) is 5.48. The van der Waals surface area contributed by atoms with Crippen LogP contribution in [0, 0.1) is 11.8 Å². The maximum absolute atomic E-state index is 12.6. The van der Waals surface area contributed by atoms with Gasteiger partial charge in [0.25, 0.3) is 0 Å². The summed E-state index contributed by atoms with van der Waals surface area (Å²) in [5, 5.41) is 5.96. The monoisotopic (exact) mass is 395 g/mol. The Morgan fingerprint density at radius 1 is 0.793 bits per heavy atom. The zero-order valence-corrected chi connectivity index (χ0v) is 17.3. The number of carbonyl (C=O) groups excluding carboxylic acids is 2. The van der Waals surface area contributed by atoms with Crippen LogP contribution in [-0.2, 0) is 9.59 Å². The van der Waals surface area contributed by atoms with Crippen LogP contribution < -0.4 is 20.3 Å². The van der Waals surface area contributed by atoms with Crippen molar-refractivity contribution in [3.05, 3.63) is 48.5 Å². The van der Waals surface area contributed by atoms with Crippen molar-refractivity contribution < 1.29 is 14.3 Å². The minimum atomic E-state index is -0.0551. The summed E-state index contributed by atoms with van der Waals surface area (Å²) in [7, 11) is 5.58. The first-order chi connectivity index (χ1) is 14.0. The van der Waals surface area contributed by atoms with Gasteiger partial charge >= 0.3 is 0 Å². The van der Waals surface area contributed by atoms with E-state index >= 15 is 0 Å². The van der Waals surface area contributed by atoms with Crippen molar-refractivity contribution in [3.8, 4) is 5.75 Å². The number of amides is 2. The highest BCUT2D eigenvalue weighted by Gasteiger charge is 2.30. The molecular weight excluding hydrogens is 366 g/mol. The van der Waals surface area contributed by atoms with E-state index in [-0.39, 0.29) is 23.7 Å². The maximum atomic E-state index is 12.6. The van der Waals surface area contributed by atoms with Crippen LogP contribution in [-0.4, -0.2) is 33.0 Å². The van der Waals surface area contributed by atoms with Crippen LogP contribution in [0.4, 0.5) is 17.1 Å². The zero-order chi connectivity index (χ0) is 20.8. The van der Waals surface area contributed by atoms with E-state index in [1.165, 1.54) is 0 Å². The van der Waals surface area contributed by atoms with Crippen LogP contribution in [0.3, 0.4) is 0 Å². The molecule has 6 nitrogen and oxygen atoms in total. The van der Waals surface area contributed by atoms with Gasteiger partial charge in [0.05, 0.1) is 7.11 Å². The van der Waals surface area contributed by atoms with Gasteiger partial charge in [-0.15, -0.1) is 0 Å². The highest BCUT2D eigenvalue weighted by atomic mass is 16.5. The fraction of sp³-hybridized carbons (Fsp3) is 0.391. The van der Waals surface area contributed by atoms with Gasteiger partial charge < -0.3 is 20.3 Å². The molecule has 1 saturated carbocycles. The average molecular weight is 396 g/mol. The molecule has 0 radical (unpaired) electrons. The summed E-state index contributed by atoms with van der Waals surface area (Å²) in [5.74, 6) is 0.713. The molecule has 0 unspecified atom stereocenters. The number of methoxy groups -OCH3 is 1. The molecule has 1 aliphatic carbocycles. The molecule has 2 N–H and O–H groups in total. The lowest BCUT2D eigenvalue weighted by Gasteiger charge is -2.27. The molecule has 1 aliphatic rings. The standard InChI is InChI=1S/C23H29N3O3/c1-26(2)20-12-8-18(9-13-20)24-22(27)16-4-6-17(7-5-16)23(28)25-19-10-14-21(29-3)15-11-19/h8-17H,4-7H2,1-3H3,(H,24,27)(H,25,28). The van der Waals surface area contributed by atoms with E-state index in [0.717, 1.165) is 48.5 Å². The SMILES string of the molecule is COc1ccc(NC(=O)C2CCC(C(=O)Nc3ccc(N(C)C)cc3)CC2)cc1. The summed E-state index contributed by atoms with van der Waals surface area (Å²) < 4.78 is 5.13. The fourth-order valence-electron chi connectivity index (χ4n) is 3.62. The van der Waals surface area contributed by atoms with E-state index in [9.17, 15) is 9.59 Å². The van der Waals surface area contributed by atoms with Gasteiger partial charge in [-0.1, -0.05) is 0 Å². The summed E-state index contributed by atoms with van der Waals surface area (Å²) in [6, 6.07) is 15.1. The molecule has 3 rings (SSSR count). The van der Waals surface area contributed by atoms with Crippen molar-refractivity contribution in [2.24, 2.45) is 11.8 Å². The van der Waals surface area contributed by atoms with Crippen LogP contribution in [0.15, 0.2) is 48.5 Å². The van der Waals surface area contributed by atoms with Gasteiger partial charge in [-0.3, -0.25) is 9.59 Å². The molecular formula is C23H29N3O3. The first kappa shape index (κ1) is 20.7. The van der Waals surface area contributed by atoms with Gasteiger partial charge in [0, 0.05) is 43.0 Å². The van der Waals surface area contributed by atoms with Crippen molar-refractivity contribution in [1.82, 2.24) is 0 Å². The molecule has 0 aliphatic heterocycles. The number of ether oxygens (including phenoxy) is 1. The summed E-state index contributed by atoms with van der Waals surface area (Å²) in [6.45, 7) is 0. The van der Waals surface area contributed by atoms with E-state index in [1.807, 2.05) is 67.5 Å². The lowest BCUT2D eigenvalue weighted by molar-refractivity contribution is -0.125. The molecule has 0 atom stereocenters. The van der Waals surface area contributed by atoms with Crippen molar-refractivity contribution in [3.63, 3.8) is 0 Å². The Morgan fingerprint density at radius 3 is 1.59 bits per heavy atom. The second kappa shape index (κ2) is 9.45. The van der Waals surface area contributed by atoms with E-state index < -0.39 is 0 Å². The number of hydrogen-bond acceptors (Lipinski definition) is 4. The molecule has 0 bridgehead atoms. The van der Waals surface area contributed by atoms with E-state index in [4.69, 9.17) is 4.74 Å². The van der Waals surface area contributed by atoms with Crippen molar-refractivity contribution in [1.29, 1.82) is 0 Å². The molecule has 2 amide bonds. The van der Waals surface area contributed by atoms with Crippen molar-refractivity contribution in [2.75, 3.05) is 36.7 Å². The number of rotatable bonds is 6. The van der Waals surface area contributed by atoms with Crippen LogP contribution >= 0.6 is 0 Å². The van der Waals surface area contributed by atoms with Gasteiger partial charge in [0.15, 0.2) is 0 Å². The predicted molar refractivity (Wildman–Crippen MR) is 116 cm³/mol. The first-order valence-electron chi connectivity index (χ1n) is 9.99. The molecule has 1 fully saturated rings. The first-order valence-corrected chi connectivity index (χ1v) is 9.99. The topological polar surface area (TPSA) is 70.7 Å². The van der Waals surface area contributed by atoms with Gasteiger partial charge in [0.1, 0.15) is 5.75 Å². The van der Waals surface area contributed by atoms with Crippen LogP contribution in [0.25, 0.3) is 0 Å². The lowest BCUT2D eigenvalue weighted by atomic mass is 9.81. The van der Waals surface area contributed by atoms with Crippen LogP contribution in [0.1, 0.15) is 25.7 Å². The normalized spacial score (nSPS) is 18.6. The van der Waals surface area contributed by atoms with Gasteiger partial charge in [-0.25, -0.2) is 0 Å². The molecule has 154 valence electrons. The maximum Gasteiger partial charge on any atom is 0.227 e. The number of hydrogen-bond donors (Lipinski definition) is 2. The molecule has 0 saturated heterocycles. The molecule has 0 spiro atoms. The molecule has 2 aromatic carbocycles. The number of benzene rings is 2. The highest BCUT2D eigenvalue weighted by molar-refractivity contribution is 5.94. The largest absolute Gasteiger partial charge is 0.497 e. The highest BCUT2D eigenvalue weighted by Crippen LogP contribution is 2.31. The summed E-state index contributed by atoms with van der Waals surface area (Å²) in [6.07, 6.45) is 2.89. The smallest absolute Gasteiger partial charge is 0.227 e. The number of anilines is 3. The van der Waals surface area contributed by atoms with Gasteiger partial charge in [-0.05, 0) is 74.2 Å². The third kappa shape index (κ3) is 5.50. The summed E-state index contributed by atoms with van der Waals surface area (Å²) >= 11 is 0. The Balaban J connectivity index is 1.47. The minimum absolute atomic E-state index is 0.0216. The van der Waals surface area contributed by atoms with Crippen LogP contribution in [0.5, 0.6) is 5.75 Å². The average Bonchev–Trinajstić information content (AvgIpc) is 2.74. The number of nitrogens with zero attached hydrogens (tertiary/aromatic N) is 1. The minimum Gasteiger partial charge on any atom is -0.497 e. The quantitative estimate of drug-likeness (QED) is 0.771. The molecule has 0 aromatic heterocycles. The van der Waals surface area contributed by atoms with E-state index in [0.29, 0.717) is 0 Å². The number of nitrogens with one attached hydrogen (secondary N) is 2. The second-order valence-electron chi connectivity index (χ2n) is 7.70. The van der Waals surface area contributed by atoms with Crippen LogP contribution in [0.2, 0.25) is 0 Å². The Hall–Kier alpha value is -3.02. The van der Waals surface area contributed by atoms with Crippen molar-refractivity contribution in [2.45, 2.75) is 25.7 Å². The van der Waals surface area contributed by atoms with E-state index in [2.05, 4.69) is 10.6 Å². The molecule has 2 aromatic rings. The Kier molecular flexibility index (Phi) is 6.75. The molecule has 0 heterocycles. The summed E-state index contributed by atoms with van der Waals surface area (Å²) in [5.41, 5.74) is 2.66. The fourth-order valence-corrected chi connectivity index (χ4v) is 3.62. The molecule has 6 heteroatoms. The van der Waals surface area contributed by atoms with E-state index in [1.54, 1.807) is 7.11 Å². The Bertz CT molecular complexity index is 823. The zero-order valence-electron chi connectivity index (χ0n) is 17.3. The molecule has 29 heavy (non-hydrogen) atoms. The Labute approximate surface area is 172 Å². The lowest BCUT2D eigenvalue weighted by Crippen LogP contribution is -2.32. The third-order valence-electron chi connectivity index (χ3n) is 5.48.